The largest absolute Gasteiger partial charge is 0.456 e. The molecule has 0 heterocycles. The Balaban J connectivity index is 2.40. The highest BCUT2D eigenvalue weighted by atomic mass is 16.5. The van der Waals surface area contributed by atoms with Gasteiger partial charge in [-0.15, -0.1) is 0 Å². The van der Waals surface area contributed by atoms with Crippen LogP contribution in [0.5, 0.6) is 11.5 Å². The van der Waals surface area contributed by atoms with Crippen LogP contribution in [-0.4, -0.2) is 0 Å². The Morgan fingerprint density at radius 1 is 0.889 bits per heavy atom. The van der Waals surface area contributed by atoms with E-state index in [0.29, 0.717) is 11.3 Å². The first-order valence-corrected chi connectivity index (χ1v) is 5.86. The van der Waals surface area contributed by atoms with Gasteiger partial charge in [0, 0.05) is 0 Å². The summed E-state index contributed by atoms with van der Waals surface area (Å²) in [5.41, 5.74) is 3.82. The molecule has 0 saturated carbocycles. The van der Waals surface area contributed by atoms with Crippen molar-refractivity contribution in [2.24, 2.45) is 0 Å². The van der Waals surface area contributed by atoms with Crippen LogP contribution in [0.3, 0.4) is 0 Å². The second kappa shape index (κ2) is 4.93. The maximum Gasteiger partial charge on any atom is 0.145 e. The van der Waals surface area contributed by atoms with E-state index in [-0.39, 0.29) is 0 Å². The summed E-state index contributed by atoms with van der Waals surface area (Å²) < 4.78 is 5.84. The fourth-order valence-electron chi connectivity index (χ4n) is 1.76. The van der Waals surface area contributed by atoms with Crippen molar-refractivity contribution < 1.29 is 4.74 Å². The SMILES string of the molecule is Cc1ccc(Oc2cc(C)ccc2C)c(C#N)c1. The van der Waals surface area contributed by atoms with Crippen LogP contribution in [0.15, 0.2) is 36.4 Å². The molecule has 2 heteroatoms. The molecular weight excluding hydrogens is 222 g/mol. The monoisotopic (exact) mass is 237 g/mol. The first-order valence-electron chi connectivity index (χ1n) is 5.86. The molecule has 0 aliphatic heterocycles. The zero-order chi connectivity index (χ0) is 13.1. The lowest BCUT2D eigenvalue weighted by atomic mass is 10.1. The van der Waals surface area contributed by atoms with Crippen molar-refractivity contribution in [3.63, 3.8) is 0 Å². The normalized spacial score (nSPS) is 9.89. The highest BCUT2D eigenvalue weighted by Gasteiger charge is 2.07. The lowest BCUT2D eigenvalue weighted by Gasteiger charge is -2.11. The van der Waals surface area contributed by atoms with Crippen molar-refractivity contribution in [3.05, 3.63) is 58.7 Å². The van der Waals surface area contributed by atoms with Gasteiger partial charge in [0.1, 0.15) is 17.6 Å². The topological polar surface area (TPSA) is 33.0 Å². The molecule has 0 fully saturated rings. The maximum absolute atomic E-state index is 9.11. The van der Waals surface area contributed by atoms with E-state index in [9.17, 15) is 0 Å². The second-order valence-corrected chi connectivity index (χ2v) is 4.48. The predicted molar refractivity (Wildman–Crippen MR) is 71.9 cm³/mol. The number of nitriles is 1. The average molecular weight is 237 g/mol. The summed E-state index contributed by atoms with van der Waals surface area (Å²) in [5, 5.41) is 9.11. The van der Waals surface area contributed by atoms with Crippen LogP contribution in [-0.2, 0) is 0 Å². The molecule has 0 aliphatic carbocycles. The number of benzene rings is 2. The van der Waals surface area contributed by atoms with Gasteiger partial charge < -0.3 is 4.74 Å². The average Bonchev–Trinajstić information content (AvgIpc) is 2.36. The van der Waals surface area contributed by atoms with Crippen LogP contribution in [0, 0.1) is 32.1 Å². The summed E-state index contributed by atoms with van der Waals surface area (Å²) in [5.74, 6) is 1.41. The molecule has 2 aromatic rings. The van der Waals surface area contributed by atoms with E-state index in [1.165, 1.54) is 0 Å². The number of ether oxygens (including phenoxy) is 1. The molecular formula is C16H15NO. The highest BCUT2D eigenvalue weighted by Crippen LogP contribution is 2.28. The molecule has 0 spiro atoms. The molecule has 0 aromatic heterocycles. The molecule has 2 nitrogen and oxygen atoms in total. The van der Waals surface area contributed by atoms with Gasteiger partial charge in [0.2, 0.25) is 0 Å². The fourth-order valence-corrected chi connectivity index (χ4v) is 1.76. The summed E-state index contributed by atoms with van der Waals surface area (Å²) in [6.45, 7) is 5.98. The zero-order valence-corrected chi connectivity index (χ0v) is 10.8. The molecule has 0 radical (unpaired) electrons. The lowest BCUT2D eigenvalue weighted by molar-refractivity contribution is 0.477. The van der Waals surface area contributed by atoms with Gasteiger partial charge in [0.05, 0.1) is 5.56 Å². The van der Waals surface area contributed by atoms with Gasteiger partial charge in [-0.2, -0.15) is 5.26 Å². The van der Waals surface area contributed by atoms with Crippen LogP contribution in [0.2, 0.25) is 0 Å². The fraction of sp³-hybridized carbons (Fsp3) is 0.188. The van der Waals surface area contributed by atoms with Crippen LogP contribution in [0.25, 0.3) is 0 Å². The summed E-state index contributed by atoms with van der Waals surface area (Å²) in [6.07, 6.45) is 0. The molecule has 0 saturated heterocycles. The van der Waals surface area contributed by atoms with Crippen LogP contribution in [0.1, 0.15) is 22.3 Å². The minimum Gasteiger partial charge on any atom is -0.456 e. The molecule has 0 aliphatic rings. The first-order chi connectivity index (χ1) is 8.60. The van der Waals surface area contributed by atoms with Gasteiger partial charge in [0.25, 0.3) is 0 Å². The first kappa shape index (κ1) is 12.2. The van der Waals surface area contributed by atoms with E-state index < -0.39 is 0 Å². The van der Waals surface area contributed by atoms with E-state index in [2.05, 4.69) is 6.07 Å². The summed E-state index contributed by atoms with van der Waals surface area (Å²) >= 11 is 0. The molecule has 0 amide bonds. The molecule has 2 aromatic carbocycles. The van der Waals surface area contributed by atoms with E-state index in [1.54, 1.807) is 0 Å². The molecule has 90 valence electrons. The third kappa shape index (κ3) is 2.52. The number of hydrogen-bond donors (Lipinski definition) is 0. The van der Waals surface area contributed by atoms with Crippen LogP contribution >= 0.6 is 0 Å². The maximum atomic E-state index is 9.11. The summed E-state index contributed by atoms with van der Waals surface area (Å²) in [6, 6.07) is 13.8. The van der Waals surface area contributed by atoms with E-state index in [4.69, 9.17) is 10.00 Å². The van der Waals surface area contributed by atoms with Crippen molar-refractivity contribution in [2.45, 2.75) is 20.8 Å². The Kier molecular flexibility index (Phi) is 3.34. The van der Waals surface area contributed by atoms with Crippen molar-refractivity contribution >= 4 is 0 Å². The van der Waals surface area contributed by atoms with E-state index in [1.807, 2.05) is 57.2 Å². The molecule has 0 atom stereocenters. The standard InChI is InChI=1S/C16H15NO/c1-11-5-7-15(14(8-11)10-17)18-16-9-12(2)4-6-13(16)3/h4-9H,1-3H3. The highest BCUT2D eigenvalue weighted by molar-refractivity contribution is 5.48. The van der Waals surface area contributed by atoms with Crippen molar-refractivity contribution in [2.75, 3.05) is 0 Å². The van der Waals surface area contributed by atoms with Crippen molar-refractivity contribution in [1.29, 1.82) is 5.26 Å². The van der Waals surface area contributed by atoms with Crippen LogP contribution < -0.4 is 4.74 Å². The quantitative estimate of drug-likeness (QED) is 0.781. The predicted octanol–water partition coefficient (Wildman–Crippen LogP) is 4.28. The Hall–Kier alpha value is -2.27. The molecule has 18 heavy (non-hydrogen) atoms. The van der Waals surface area contributed by atoms with Crippen LogP contribution in [0.4, 0.5) is 0 Å². The van der Waals surface area contributed by atoms with Gasteiger partial charge in [-0.3, -0.25) is 0 Å². The lowest BCUT2D eigenvalue weighted by Crippen LogP contribution is -1.92. The van der Waals surface area contributed by atoms with Crippen molar-refractivity contribution in [3.8, 4) is 17.6 Å². The Morgan fingerprint density at radius 3 is 2.28 bits per heavy atom. The summed E-state index contributed by atoms with van der Waals surface area (Å²) in [7, 11) is 0. The molecule has 0 N–H and O–H groups in total. The Bertz CT molecular complexity index is 623. The van der Waals surface area contributed by atoms with Gasteiger partial charge >= 0.3 is 0 Å². The Labute approximate surface area is 107 Å². The molecule has 2 rings (SSSR count). The second-order valence-electron chi connectivity index (χ2n) is 4.48. The van der Waals surface area contributed by atoms with Crippen molar-refractivity contribution in [1.82, 2.24) is 0 Å². The van der Waals surface area contributed by atoms with Gasteiger partial charge in [0.15, 0.2) is 0 Å². The smallest absolute Gasteiger partial charge is 0.145 e. The zero-order valence-electron chi connectivity index (χ0n) is 10.8. The number of nitrogens with zero attached hydrogens (tertiary/aromatic N) is 1. The minimum atomic E-state index is 0.566. The minimum absolute atomic E-state index is 0.566. The number of hydrogen-bond acceptors (Lipinski definition) is 2. The molecule has 0 unspecified atom stereocenters. The molecule has 0 bridgehead atoms. The van der Waals surface area contributed by atoms with E-state index in [0.717, 1.165) is 22.4 Å². The Morgan fingerprint density at radius 2 is 1.56 bits per heavy atom. The van der Waals surface area contributed by atoms with Gasteiger partial charge in [-0.05, 0) is 55.7 Å². The third-order valence-corrected chi connectivity index (χ3v) is 2.82. The third-order valence-electron chi connectivity index (χ3n) is 2.82. The number of aryl methyl sites for hydroxylation is 3. The van der Waals surface area contributed by atoms with E-state index >= 15 is 0 Å². The summed E-state index contributed by atoms with van der Waals surface area (Å²) in [4.78, 5) is 0. The van der Waals surface area contributed by atoms with Gasteiger partial charge in [-0.1, -0.05) is 18.2 Å². The van der Waals surface area contributed by atoms with Gasteiger partial charge in [-0.25, -0.2) is 0 Å². The number of rotatable bonds is 2.